The molecule has 0 aromatic carbocycles. The van der Waals surface area contributed by atoms with Gasteiger partial charge in [0.2, 0.25) is 0 Å². The molecule has 6 nitrogen and oxygen atoms in total. The van der Waals surface area contributed by atoms with E-state index in [2.05, 4.69) is 18.7 Å². The van der Waals surface area contributed by atoms with Gasteiger partial charge in [-0.2, -0.15) is 0 Å². The summed E-state index contributed by atoms with van der Waals surface area (Å²) in [5.74, 6) is 0.686. The zero-order chi connectivity index (χ0) is 21.2. The first-order chi connectivity index (χ1) is 14.4. The Labute approximate surface area is 180 Å². The molecule has 5 aliphatic carbocycles. The maximum atomic E-state index is 12.1. The monoisotopic (exact) mass is 421 g/mol. The fourth-order valence-corrected chi connectivity index (χ4v) is 10.8. The van der Waals surface area contributed by atoms with Crippen molar-refractivity contribution in [2.24, 2.45) is 40.4 Å². The molecule has 1 saturated heterocycles. The first-order valence-corrected chi connectivity index (χ1v) is 12.1. The zero-order valence-corrected chi connectivity index (χ0v) is 19.1. The highest BCUT2D eigenvalue weighted by Crippen LogP contribution is 2.79. The van der Waals surface area contributed by atoms with Crippen LogP contribution in [0.1, 0.15) is 39.5 Å². The van der Waals surface area contributed by atoms with Crippen molar-refractivity contribution in [3.8, 4) is 0 Å². The van der Waals surface area contributed by atoms with Gasteiger partial charge < -0.3 is 24.4 Å². The molecule has 1 heterocycles. The predicted octanol–water partition coefficient (Wildman–Crippen LogP) is 1.53. The van der Waals surface area contributed by atoms with Gasteiger partial charge in [0, 0.05) is 69.4 Å². The Bertz CT molecular complexity index is 734. The molecule has 0 radical (unpaired) electrons. The van der Waals surface area contributed by atoms with Crippen molar-refractivity contribution < 1.29 is 24.4 Å². The number of hydrogen-bond donors (Lipinski definition) is 2. The quantitative estimate of drug-likeness (QED) is 0.717. The van der Waals surface area contributed by atoms with Crippen LogP contribution in [0.3, 0.4) is 0 Å². The number of aliphatic hydroxyl groups is 2. The van der Waals surface area contributed by atoms with E-state index in [-0.39, 0.29) is 52.8 Å². The average molecular weight is 422 g/mol. The second-order valence-corrected chi connectivity index (χ2v) is 11.6. The summed E-state index contributed by atoms with van der Waals surface area (Å²) in [6, 6.07) is 0.239. The molecule has 30 heavy (non-hydrogen) atoms. The van der Waals surface area contributed by atoms with Crippen LogP contribution in [0.5, 0.6) is 0 Å². The summed E-state index contributed by atoms with van der Waals surface area (Å²) in [6.45, 7) is 6.69. The number of rotatable bonds is 4. The highest BCUT2D eigenvalue weighted by atomic mass is 16.5. The van der Waals surface area contributed by atoms with Crippen molar-refractivity contribution in [3.63, 3.8) is 0 Å². The van der Waals surface area contributed by atoms with Gasteiger partial charge in [-0.15, -0.1) is 0 Å². The van der Waals surface area contributed by atoms with Crippen LogP contribution in [-0.2, 0) is 14.2 Å². The molecule has 6 rings (SSSR count). The molecule has 6 fully saturated rings. The second kappa shape index (κ2) is 6.21. The first-order valence-electron chi connectivity index (χ1n) is 12.1. The van der Waals surface area contributed by atoms with Crippen molar-refractivity contribution in [2.45, 2.75) is 75.6 Å². The summed E-state index contributed by atoms with van der Waals surface area (Å²) in [5.41, 5.74) is -0.584. The van der Waals surface area contributed by atoms with E-state index in [1.165, 1.54) is 0 Å². The summed E-state index contributed by atoms with van der Waals surface area (Å²) in [5, 5.41) is 23.7. The van der Waals surface area contributed by atoms with Crippen molar-refractivity contribution in [3.05, 3.63) is 0 Å². The lowest BCUT2D eigenvalue weighted by molar-refractivity contribution is -0.276. The lowest BCUT2D eigenvalue weighted by Gasteiger charge is -2.69. The molecular formula is C24H39NO5. The van der Waals surface area contributed by atoms with E-state index in [0.717, 1.165) is 38.8 Å². The number of fused-ring (bicyclic) bond motifs is 2. The average Bonchev–Trinajstić information content (AvgIpc) is 3.11. The zero-order valence-electron chi connectivity index (χ0n) is 19.1. The van der Waals surface area contributed by atoms with Gasteiger partial charge in [0.25, 0.3) is 0 Å². The SMILES string of the molecule is CCN1C[C@]2(C)CC[C@H](OC)[C@@]34[C@@H]5C[C@H]6[C@H](O)[C@@H]5[C@](OC)(C[C@@H]6OC)[C@@H]([C@@H](O)[C@H]23)[C@@H]14. The van der Waals surface area contributed by atoms with E-state index in [1.807, 2.05) is 7.11 Å². The number of methoxy groups -OCH3 is 3. The van der Waals surface area contributed by atoms with Crippen LogP contribution in [0.15, 0.2) is 0 Å². The highest BCUT2D eigenvalue weighted by molar-refractivity contribution is 5.35. The van der Waals surface area contributed by atoms with Crippen molar-refractivity contribution in [2.75, 3.05) is 34.4 Å². The number of hydrogen-bond acceptors (Lipinski definition) is 6. The van der Waals surface area contributed by atoms with Gasteiger partial charge in [0.15, 0.2) is 0 Å². The van der Waals surface area contributed by atoms with Crippen molar-refractivity contribution in [1.29, 1.82) is 0 Å². The molecule has 2 N–H and O–H groups in total. The lowest BCUT2D eigenvalue weighted by atomic mass is 9.43. The first kappa shape index (κ1) is 20.4. The Kier molecular flexibility index (Phi) is 4.21. The third-order valence-corrected chi connectivity index (χ3v) is 11.3. The normalized spacial score (nSPS) is 63.3. The Morgan fingerprint density at radius 3 is 2.47 bits per heavy atom. The van der Waals surface area contributed by atoms with Crippen LogP contribution in [-0.4, -0.2) is 85.6 Å². The Morgan fingerprint density at radius 1 is 1.07 bits per heavy atom. The molecule has 7 bridgehead atoms. The summed E-state index contributed by atoms with van der Waals surface area (Å²) in [4.78, 5) is 2.65. The fraction of sp³-hybridized carbons (Fsp3) is 1.00. The Hall–Kier alpha value is -0.240. The molecule has 0 amide bonds. The van der Waals surface area contributed by atoms with Gasteiger partial charge in [-0.25, -0.2) is 0 Å². The maximum absolute atomic E-state index is 12.1. The summed E-state index contributed by atoms with van der Waals surface area (Å²) < 4.78 is 18.7. The fourth-order valence-electron chi connectivity index (χ4n) is 10.8. The molecule has 1 spiro atoms. The van der Waals surface area contributed by atoms with E-state index in [1.54, 1.807) is 14.2 Å². The Morgan fingerprint density at radius 2 is 1.83 bits per heavy atom. The highest BCUT2D eigenvalue weighted by Gasteiger charge is 2.86. The smallest absolute Gasteiger partial charge is 0.0827 e. The topological polar surface area (TPSA) is 71.4 Å². The van der Waals surface area contributed by atoms with Crippen LogP contribution < -0.4 is 0 Å². The summed E-state index contributed by atoms with van der Waals surface area (Å²) in [6.07, 6.45) is 3.12. The van der Waals surface area contributed by atoms with Gasteiger partial charge >= 0.3 is 0 Å². The van der Waals surface area contributed by atoms with Gasteiger partial charge in [-0.05, 0) is 37.1 Å². The Balaban J connectivity index is 1.64. The number of likely N-dealkylation sites (tertiary alicyclic amines) is 1. The molecule has 1 aliphatic heterocycles. The third-order valence-electron chi connectivity index (χ3n) is 11.3. The van der Waals surface area contributed by atoms with Gasteiger partial charge in [-0.1, -0.05) is 13.8 Å². The molecule has 6 aliphatic rings. The number of nitrogens with zero attached hydrogens (tertiary/aromatic N) is 1. The number of ether oxygens (including phenoxy) is 3. The van der Waals surface area contributed by atoms with Crippen LogP contribution in [0.2, 0.25) is 0 Å². The van der Waals surface area contributed by atoms with E-state index < -0.39 is 17.8 Å². The van der Waals surface area contributed by atoms with Crippen LogP contribution in [0.4, 0.5) is 0 Å². The maximum Gasteiger partial charge on any atom is 0.0827 e. The standard InChI is InChI=1S/C24H39NO5/c1-6-25-11-22(2)8-7-15(29-4)24-13-9-12-14(28-3)10-23(30-5,16(13)18(12)26)17(21(24)25)19(27)20(22)24/h12-21,26-27H,6-11H2,1-5H3/t12-,13-,14+,15+,16-,17+,18+,19-,20-,21-,22+,23-,24+/m1/s1. The summed E-state index contributed by atoms with van der Waals surface area (Å²) >= 11 is 0. The molecule has 0 aromatic heterocycles. The van der Waals surface area contributed by atoms with Crippen LogP contribution in [0, 0.1) is 40.4 Å². The van der Waals surface area contributed by atoms with Gasteiger partial charge in [-0.3, -0.25) is 4.90 Å². The lowest BCUT2D eigenvalue weighted by Crippen LogP contribution is -2.76. The summed E-state index contributed by atoms with van der Waals surface area (Å²) in [7, 11) is 5.43. The second-order valence-electron chi connectivity index (χ2n) is 11.6. The van der Waals surface area contributed by atoms with E-state index >= 15 is 0 Å². The molecule has 170 valence electrons. The number of piperidine rings is 1. The molecule has 0 aromatic rings. The van der Waals surface area contributed by atoms with Crippen molar-refractivity contribution >= 4 is 0 Å². The number of aliphatic hydroxyl groups excluding tert-OH is 2. The molecule has 0 unspecified atom stereocenters. The van der Waals surface area contributed by atoms with Gasteiger partial charge in [0.1, 0.15) is 0 Å². The minimum Gasteiger partial charge on any atom is -0.392 e. The van der Waals surface area contributed by atoms with Crippen LogP contribution >= 0.6 is 0 Å². The van der Waals surface area contributed by atoms with E-state index in [4.69, 9.17) is 14.2 Å². The minimum atomic E-state index is -0.540. The van der Waals surface area contributed by atoms with E-state index in [9.17, 15) is 10.2 Å². The van der Waals surface area contributed by atoms with Crippen molar-refractivity contribution in [1.82, 2.24) is 4.90 Å². The largest absolute Gasteiger partial charge is 0.392 e. The third kappa shape index (κ3) is 1.88. The van der Waals surface area contributed by atoms with E-state index in [0.29, 0.717) is 5.92 Å². The van der Waals surface area contributed by atoms with Gasteiger partial charge in [0.05, 0.1) is 30.0 Å². The molecule has 5 saturated carbocycles. The van der Waals surface area contributed by atoms with Crippen LogP contribution in [0.25, 0.3) is 0 Å². The predicted molar refractivity (Wildman–Crippen MR) is 111 cm³/mol. The molecular weight excluding hydrogens is 382 g/mol. The molecule has 6 heteroatoms. The minimum absolute atomic E-state index is 0.0161. The molecule has 13 atom stereocenters.